The molecule has 4 N–H and O–H groups in total. The van der Waals surface area contributed by atoms with E-state index in [0.717, 1.165) is 49.0 Å². The Balaban J connectivity index is 2.04. The van der Waals surface area contributed by atoms with Gasteiger partial charge in [0.2, 0.25) is 0 Å². The Morgan fingerprint density at radius 2 is 1.97 bits per heavy atom. The number of anilines is 1. The van der Waals surface area contributed by atoms with Crippen molar-refractivity contribution in [3.05, 3.63) is 71.1 Å². The lowest BCUT2D eigenvalue weighted by molar-refractivity contribution is -0.0106. The molecule has 0 saturated carbocycles. The lowest BCUT2D eigenvalue weighted by Crippen LogP contribution is -2.23. The molecule has 2 aromatic rings. The Morgan fingerprint density at radius 1 is 1.23 bits per heavy atom. The van der Waals surface area contributed by atoms with Crippen LogP contribution in [-0.4, -0.2) is 19.0 Å². The van der Waals surface area contributed by atoms with Crippen LogP contribution in [0.1, 0.15) is 55.7 Å². The van der Waals surface area contributed by atoms with Crippen molar-refractivity contribution in [2.24, 2.45) is 5.73 Å². The van der Waals surface area contributed by atoms with Gasteiger partial charge in [0, 0.05) is 41.5 Å². The first-order valence-electron chi connectivity index (χ1n) is 10.9. The maximum atomic E-state index is 14.4. The normalized spacial score (nSPS) is 13.2. The van der Waals surface area contributed by atoms with Crippen molar-refractivity contribution in [2.75, 3.05) is 18.4 Å². The largest absolute Gasteiger partial charge is 0.401 e. The smallest absolute Gasteiger partial charge is 0.252 e. The van der Waals surface area contributed by atoms with Crippen LogP contribution in [0.2, 0.25) is 0 Å². The molecule has 0 spiro atoms. The van der Waals surface area contributed by atoms with Gasteiger partial charge in [-0.25, -0.2) is 8.78 Å². The van der Waals surface area contributed by atoms with Crippen molar-refractivity contribution in [1.29, 1.82) is 0 Å². The standard InChI is InChI=1S/C25H35F2N3S/c1-4-29-17-21(28)13-14-22(25(3,26)27)20-12-11-18(2)23(16-20)30-15-7-9-19-8-5-6-10-24(19)31/h5-6,8,10-12,16-17,22,29-31H,4,7,9,13-15,28H2,1-3H3/b21-17-. The Bertz CT molecular complexity index is 862. The average molecular weight is 448 g/mol. The number of rotatable bonds is 12. The number of alkyl halides is 2. The van der Waals surface area contributed by atoms with Crippen LogP contribution in [0.5, 0.6) is 0 Å². The third-order valence-electron chi connectivity index (χ3n) is 5.42. The summed E-state index contributed by atoms with van der Waals surface area (Å²) in [5.41, 5.74) is 10.3. The van der Waals surface area contributed by atoms with Gasteiger partial charge in [-0.3, -0.25) is 0 Å². The topological polar surface area (TPSA) is 50.1 Å². The first kappa shape index (κ1) is 25.1. The molecule has 0 heterocycles. The Hall–Kier alpha value is -2.21. The zero-order valence-corrected chi connectivity index (χ0v) is 19.6. The summed E-state index contributed by atoms with van der Waals surface area (Å²) in [5.74, 6) is -3.72. The third kappa shape index (κ3) is 8.09. The molecule has 31 heavy (non-hydrogen) atoms. The molecule has 2 aromatic carbocycles. The second-order valence-electron chi connectivity index (χ2n) is 8.06. The van der Waals surface area contributed by atoms with Gasteiger partial charge in [0.25, 0.3) is 5.92 Å². The molecule has 0 aliphatic rings. The SMILES string of the molecule is CCN/C=C(\N)CCC(c1ccc(C)c(NCCCc2ccccc2S)c1)C(C)(F)F. The van der Waals surface area contributed by atoms with Crippen molar-refractivity contribution in [2.45, 2.75) is 63.2 Å². The first-order chi connectivity index (χ1) is 14.7. The fraction of sp³-hybridized carbons (Fsp3) is 0.440. The highest BCUT2D eigenvalue weighted by Gasteiger charge is 2.35. The molecule has 6 heteroatoms. The monoisotopic (exact) mass is 447 g/mol. The molecule has 0 radical (unpaired) electrons. The predicted molar refractivity (Wildman–Crippen MR) is 130 cm³/mol. The third-order valence-corrected chi connectivity index (χ3v) is 5.86. The lowest BCUT2D eigenvalue weighted by Gasteiger charge is -2.25. The summed E-state index contributed by atoms with van der Waals surface area (Å²) in [7, 11) is 0. The van der Waals surface area contributed by atoms with Gasteiger partial charge in [-0.05, 0) is 75.3 Å². The van der Waals surface area contributed by atoms with Crippen molar-refractivity contribution in [3.63, 3.8) is 0 Å². The maximum Gasteiger partial charge on any atom is 0.252 e. The summed E-state index contributed by atoms with van der Waals surface area (Å²) in [6.45, 7) is 6.46. The summed E-state index contributed by atoms with van der Waals surface area (Å²) in [6, 6.07) is 13.7. The van der Waals surface area contributed by atoms with E-state index in [1.807, 2.05) is 50.2 Å². The second kappa shape index (κ2) is 12.0. The van der Waals surface area contributed by atoms with Crippen molar-refractivity contribution < 1.29 is 8.78 Å². The highest BCUT2D eigenvalue weighted by Crippen LogP contribution is 2.38. The second-order valence-corrected chi connectivity index (χ2v) is 8.54. The predicted octanol–water partition coefficient (Wildman–Crippen LogP) is 6.26. The van der Waals surface area contributed by atoms with E-state index in [9.17, 15) is 8.78 Å². The van der Waals surface area contributed by atoms with Crippen LogP contribution < -0.4 is 16.4 Å². The maximum absolute atomic E-state index is 14.4. The fourth-order valence-electron chi connectivity index (χ4n) is 3.60. The number of halogens is 2. The minimum absolute atomic E-state index is 0.290. The van der Waals surface area contributed by atoms with Crippen molar-refractivity contribution in [3.8, 4) is 0 Å². The summed E-state index contributed by atoms with van der Waals surface area (Å²) < 4.78 is 28.9. The van der Waals surface area contributed by atoms with Gasteiger partial charge >= 0.3 is 0 Å². The number of hydrogen-bond acceptors (Lipinski definition) is 4. The molecular formula is C25H35F2N3S. The molecule has 0 amide bonds. The Kier molecular flexibility index (Phi) is 9.69. The van der Waals surface area contributed by atoms with E-state index in [2.05, 4.69) is 29.3 Å². The molecule has 0 bridgehead atoms. The van der Waals surface area contributed by atoms with Crippen LogP contribution in [0, 0.1) is 6.92 Å². The van der Waals surface area contributed by atoms with Crippen molar-refractivity contribution in [1.82, 2.24) is 5.32 Å². The van der Waals surface area contributed by atoms with Crippen LogP contribution >= 0.6 is 12.6 Å². The molecule has 0 aliphatic heterocycles. The average Bonchev–Trinajstić information content (AvgIpc) is 2.71. The number of hydrogen-bond donors (Lipinski definition) is 4. The van der Waals surface area contributed by atoms with Gasteiger partial charge in [-0.2, -0.15) is 0 Å². The van der Waals surface area contributed by atoms with Crippen LogP contribution in [0.15, 0.2) is 59.3 Å². The van der Waals surface area contributed by atoms with E-state index in [1.54, 1.807) is 6.20 Å². The summed E-state index contributed by atoms with van der Waals surface area (Å²) >= 11 is 4.49. The van der Waals surface area contributed by atoms with Crippen LogP contribution in [0.4, 0.5) is 14.5 Å². The molecule has 0 saturated heterocycles. The summed E-state index contributed by atoms with van der Waals surface area (Å²) in [6.07, 6.45) is 4.26. The van der Waals surface area contributed by atoms with Gasteiger partial charge in [0.15, 0.2) is 0 Å². The minimum Gasteiger partial charge on any atom is -0.401 e. The molecular weight excluding hydrogens is 412 g/mol. The Morgan fingerprint density at radius 3 is 2.65 bits per heavy atom. The van der Waals surface area contributed by atoms with Gasteiger partial charge in [-0.15, -0.1) is 12.6 Å². The van der Waals surface area contributed by atoms with E-state index in [0.29, 0.717) is 24.1 Å². The Labute approximate surface area is 190 Å². The molecule has 170 valence electrons. The number of allylic oxidation sites excluding steroid dienone is 1. The van der Waals surface area contributed by atoms with Crippen LogP contribution in [0.3, 0.4) is 0 Å². The van der Waals surface area contributed by atoms with Crippen molar-refractivity contribution >= 4 is 18.3 Å². The number of thiol groups is 1. The van der Waals surface area contributed by atoms with Gasteiger partial charge in [-0.1, -0.05) is 30.3 Å². The molecule has 2 rings (SSSR count). The highest BCUT2D eigenvalue weighted by atomic mass is 32.1. The van der Waals surface area contributed by atoms with E-state index in [4.69, 9.17) is 5.73 Å². The van der Waals surface area contributed by atoms with Gasteiger partial charge < -0.3 is 16.4 Å². The molecule has 3 nitrogen and oxygen atoms in total. The van der Waals surface area contributed by atoms with Crippen LogP contribution in [-0.2, 0) is 6.42 Å². The highest BCUT2D eigenvalue weighted by molar-refractivity contribution is 7.80. The number of benzene rings is 2. The van der Waals surface area contributed by atoms with E-state index < -0.39 is 11.8 Å². The quantitative estimate of drug-likeness (QED) is 0.230. The molecule has 0 fully saturated rings. The van der Waals surface area contributed by atoms with Crippen LogP contribution in [0.25, 0.3) is 0 Å². The van der Waals surface area contributed by atoms with E-state index in [1.165, 1.54) is 5.56 Å². The number of nitrogens with two attached hydrogens (primary N) is 1. The van der Waals surface area contributed by atoms with E-state index in [-0.39, 0.29) is 0 Å². The molecule has 1 unspecified atom stereocenters. The van der Waals surface area contributed by atoms with Gasteiger partial charge in [0.1, 0.15) is 0 Å². The number of aryl methyl sites for hydroxylation is 2. The van der Waals surface area contributed by atoms with E-state index >= 15 is 0 Å². The minimum atomic E-state index is -2.83. The summed E-state index contributed by atoms with van der Waals surface area (Å²) in [5, 5.41) is 6.45. The first-order valence-corrected chi connectivity index (χ1v) is 11.3. The summed E-state index contributed by atoms with van der Waals surface area (Å²) in [4.78, 5) is 0.996. The number of nitrogens with one attached hydrogen (secondary N) is 2. The fourth-order valence-corrected chi connectivity index (χ4v) is 3.87. The molecule has 0 aliphatic carbocycles. The zero-order chi connectivity index (χ0) is 22.9. The van der Waals surface area contributed by atoms with Gasteiger partial charge in [0.05, 0.1) is 0 Å². The zero-order valence-electron chi connectivity index (χ0n) is 18.7. The lowest BCUT2D eigenvalue weighted by atomic mass is 9.87. The molecule has 0 aromatic heterocycles. The molecule has 1 atom stereocenters.